The summed E-state index contributed by atoms with van der Waals surface area (Å²) in [5.74, 6) is -3.16. The average Bonchev–Trinajstić information content (AvgIpc) is 3.36. The lowest BCUT2D eigenvalue weighted by Gasteiger charge is -2.23. The van der Waals surface area contributed by atoms with Gasteiger partial charge in [0.15, 0.2) is 0 Å². The monoisotopic (exact) mass is 487 g/mol. The molecule has 1 unspecified atom stereocenters. The number of Topliss-reactive ketones (excluding diaryl/α,β-unsaturated/α-hetero) is 1. The summed E-state index contributed by atoms with van der Waals surface area (Å²) in [5.41, 5.74) is 2.54. The molecule has 0 saturated carbocycles. The fraction of sp³-hybridized carbons (Fsp3) is 0.0769. The second kappa shape index (κ2) is 8.41. The van der Waals surface area contributed by atoms with Crippen LogP contribution in [-0.2, 0) is 9.59 Å². The zero-order chi connectivity index (χ0) is 24.9. The maximum absolute atomic E-state index is 13.3. The number of carboxylic acids is 1. The summed E-state index contributed by atoms with van der Waals surface area (Å²) < 4.78 is 0. The smallest absolute Gasteiger partial charge is 0.335 e. The molecule has 4 aromatic rings. The van der Waals surface area contributed by atoms with Crippen molar-refractivity contribution in [3.63, 3.8) is 0 Å². The van der Waals surface area contributed by atoms with Crippen molar-refractivity contribution in [3.8, 4) is 0 Å². The highest BCUT2D eigenvalue weighted by molar-refractivity contribution is 6.51. The number of aryl methyl sites for hydroxylation is 1. The van der Waals surface area contributed by atoms with Crippen molar-refractivity contribution in [1.29, 1.82) is 0 Å². The minimum atomic E-state index is -1.11. The number of rotatable bonds is 4. The van der Waals surface area contributed by atoms with Crippen LogP contribution in [0.3, 0.4) is 0 Å². The molecule has 3 aromatic carbocycles. The van der Waals surface area contributed by atoms with Gasteiger partial charge in [0.25, 0.3) is 5.78 Å². The van der Waals surface area contributed by atoms with E-state index in [4.69, 9.17) is 11.6 Å². The molecule has 1 aromatic heterocycles. The van der Waals surface area contributed by atoms with Gasteiger partial charge in [0.05, 0.1) is 28.2 Å². The number of nitrogens with zero attached hydrogens (tertiary/aromatic N) is 2. The van der Waals surface area contributed by atoms with Crippen LogP contribution < -0.4 is 4.90 Å². The van der Waals surface area contributed by atoms with Crippen molar-refractivity contribution in [2.24, 2.45) is 0 Å². The van der Waals surface area contributed by atoms with Crippen LogP contribution in [-0.4, -0.2) is 37.8 Å². The Morgan fingerprint density at radius 3 is 2.49 bits per heavy atom. The number of aromatic amines is 1. The quantitative estimate of drug-likeness (QED) is 0.215. The number of carboxylic acid groups (broad SMARTS) is 1. The number of aromatic carboxylic acids is 1. The number of hydrogen-bond donors (Lipinski definition) is 3. The van der Waals surface area contributed by atoms with Crippen molar-refractivity contribution in [2.45, 2.75) is 13.0 Å². The molecular formula is C26H18ClN3O5. The molecule has 5 rings (SSSR count). The Hall–Kier alpha value is -4.43. The minimum Gasteiger partial charge on any atom is -0.507 e. The van der Waals surface area contributed by atoms with Crippen LogP contribution in [0.15, 0.2) is 72.3 Å². The van der Waals surface area contributed by atoms with Gasteiger partial charge in [-0.25, -0.2) is 9.78 Å². The van der Waals surface area contributed by atoms with Gasteiger partial charge in [-0.15, -0.1) is 0 Å². The van der Waals surface area contributed by atoms with Gasteiger partial charge in [-0.2, -0.15) is 0 Å². The van der Waals surface area contributed by atoms with E-state index in [1.165, 1.54) is 29.2 Å². The number of aromatic nitrogens is 2. The third-order valence-corrected chi connectivity index (χ3v) is 6.08. The maximum Gasteiger partial charge on any atom is 0.335 e. The van der Waals surface area contributed by atoms with Gasteiger partial charge in [0.2, 0.25) is 5.95 Å². The highest BCUT2D eigenvalue weighted by Crippen LogP contribution is 2.42. The van der Waals surface area contributed by atoms with Gasteiger partial charge in [0, 0.05) is 10.6 Å². The highest BCUT2D eigenvalue weighted by atomic mass is 35.5. The molecule has 174 valence electrons. The molecule has 0 aliphatic carbocycles. The number of halogens is 1. The molecule has 1 aliphatic rings. The number of carbonyl (C=O) groups is 3. The van der Waals surface area contributed by atoms with E-state index in [-0.39, 0.29) is 22.8 Å². The third kappa shape index (κ3) is 3.83. The third-order valence-electron chi connectivity index (χ3n) is 5.84. The summed E-state index contributed by atoms with van der Waals surface area (Å²) in [6.45, 7) is 1.88. The predicted octanol–water partition coefficient (Wildman–Crippen LogP) is 4.85. The Bertz CT molecular complexity index is 1570. The van der Waals surface area contributed by atoms with Crippen molar-refractivity contribution in [3.05, 3.63) is 99.6 Å². The number of fused-ring (bicyclic) bond motifs is 1. The van der Waals surface area contributed by atoms with E-state index in [0.717, 1.165) is 5.56 Å². The molecule has 1 saturated heterocycles. The fourth-order valence-electron chi connectivity index (χ4n) is 4.24. The molecule has 2 heterocycles. The minimum absolute atomic E-state index is 0.0472. The number of ketones is 1. The van der Waals surface area contributed by atoms with E-state index in [0.29, 0.717) is 27.2 Å². The molecule has 1 fully saturated rings. The van der Waals surface area contributed by atoms with Gasteiger partial charge < -0.3 is 15.2 Å². The van der Waals surface area contributed by atoms with Crippen molar-refractivity contribution < 1.29 is 24.6 Å². The normalized spacial score (nSPS) is 17.3. The van der Waals surface area contributed by atoms with Crippen LogP contribution in [0, 0.1) is 6.92 Å². The Balaban J connectivity index is 1.73. The van der Waals surface area contributed by atoms with E-state index >= 15 is 0 Å². The zero-order valence-corrected chi connectivity index (χ0v) is 19.1. The Labute approximate surface area is 204 Å². The molecule has 0 radical (unpaired) electrons. The van der Waals surface area contributed by atoms with Gasteiger partial charge >= 0.3 is 11.9 Å². The number of aliphatic hydroxyl groups excluding tert-OH is 1. The zero-order valence-electron chi connectivity index (χ0n) is 18.3. The Kier molecular flexibility index (Phi) is 5.37. The second-order valence-corrected chi connectivity index (χ2v) is 8.63. The van der Waals surface area contributed by atoms with Crippen LogP contribution in [0.5, 0.6) is 0 Å². The van der Waals surface area contributed by atoms with Crippen LogP contribution >= 0.6 is 11.6 Å². The molecule has 1 atom stereocenters. The Morgan fingerprint density at radius 2 is 1.77 bits per heavy atom. The van der Waals surface area contributed by atoms with Gasteiger partial charge in [-0.05, 0) is 42.8 Å². The van der Waals surface area contributed by atoms with Gasteiger partial charge in [-0.3, -0.25) is 14.5 Å². The standard InChI is InChI=1S/C26H18ClN3O5/c1-13-4-2-5-14(10-13)21-20(22(31)15-6-3-7-17(27)11-15)23(32)24(33)30(21)26-28-18-9-8-16(25(34)35)12-19(18)29-26/h2-12,21,31H,1H3,(H,28,29)(H,34,35)/b22-20+. The molecule has 9 heteroatoms. The number of carbonyl (C=O) groups excluding carboxylic acids is 2. The summed E-state index contributed by atoms with van der Waals surface area (Å²) in [6, 6.07) is 17.0. The van der Waals surface area contributed by atoms with Crippen LogP contribution in [0.25, 0.3) is 16.8 Å². The number of nitrogens with one attached hydrogen (secondary N) is 1. The van der Waals surface area contributed by atoms with Crippen LogP contribution in [0.4, 0.5) is 5.95 Å². The van der Waals surface area contributed by atoms with E-state index in [1.54, 1.807) is 30.3 Å². The molecule has 8 nitrogen and oxygen atoms in total. The number of H-pyrrole nitrogens is 1. The van der Waals surface area contributed by atoms with Crippen molar-refractivity contribution in [2.75, 3.05) is 4.90 Å². The lowest BCUT2D eigenvalue weighted by Crippen LogP contribution is -2.30. The van der Waals surface area contributed by atoms with Crippen molar-refractivity contribution >= 4 is 52.0 Å². The molecule has 3 N–H and O–H groups in total. The van der Waals surface area contributed by atoms with E-state index in [2.05, 4.69) is 9.97 Å². The lowest BCUT2D eigenvalue weighted by atomic mass is 9.94. The van der Waals surface area contributed by atoms with E-state index in [9.17, 15) is 24.6 Å². The number of benzene rings is 3. The molecule has 35 heavy (non-hydrogen) atoms. The first kappa shape index (κ1) is 22.4. The average molecular weight is 488 g/mol. The number of aliphatic hydroxyl groups is 1. The summed E-state index contributed by atoms with van der Waals surface area (Å²) >= 11 is 6.09. The largest absolute Gasteiger partial charge is 0.507 e. The molecule has 1 amide bonds. The number of imidazole rings is 1. The number of amides is 1. The number of anilines is 1. The SMILES string of the molecule is Cc1cccc(C2/C(=C(\O)c3cccc(Cl)c3)C(=O)C(=O)N2c2nc3ccc(C(=O)O)cc3[nH]2)c1. The van der Waals surface area contributed by atoms with E-state index < -0.39 is 23.7 Å². The fourth-order valence-corrected chi connectivity index (χ4v) is 4.43. The highest BCUT2D eigenvalue weighted by Gasteiger charge is 2.48. The lowest BCUT2D eigenvalue weighted by molar-refractivity contribution is -0.132. The maximum atomic E-state index is 13.3. The molecule has 1 aliphatic heterocycles. The summed E-state index contributed by atoms with van der Waals surface area (Å²) in [7, 11) is 0. The van der Waals surface area contributed by atoms with Crippen LogP contribution in [0.1, 0.15) is 33.1 Å². The first-order chi connectivity index (χ1) is 16.7. The summed E-state index contributed by atoms with van der Waals surface area (Å²) in [6.07, 6.45) is 0. The van der Waals surface area contributed by atoms with E-state index in [1.807, 2.05) is 19.1 Å². The van der Waals surface area contributed by atoms with Crippen LogP contribution in [0.2, 0.25) is 5.02 Å². The first-order valence-corrected chi connectivity index (χ1v) is 11.0. The molecule has 0 bridgehead atoms. The predicted molar refractivity (Wildman–Crippen MR) is 130 cm³/mol. The number of hydrogen-bond acceptors (Lipinski definition) is 5. The first-order valence-electron chi connectivity index (χ1n) is 10.6. The molecular weight excluding hydrogens is 470 g/mol. The van der Waals surface area contributed by atoms with Gasteiger partial charge in [-0.1, -0.05) is 53.6 Å². The van der Waals surface area contributed by atoms with Crippen molar-refractivity contribution in [1.82, 2.24) is 9.97 Å². The molecule has 0 spiro atoms. The summed E-state index contributed by atoms with van der Waals surface area (Å²) in [5, 5.41) is 20.8. The Morgan fingerprint density at radius 1 is 1.00 bits per heavy atom. The topological polar surface area (TPSA) is 124 Å². The summed E-state index contributed by atoms with van der Waals surface area (Å²) in [4.78, 5) is 46.5. The van der Waals surface area contributed by atoms with Gasteiger partial charge in [0.1, 0.15) is 5.76 Å². The second-order valence-electron chi connectivity index (χ2n) is 8.19.